The van der Waals surface area contributed by atoms with Crippen molar-refractivity contribution in [2.24, 2.45) is 0 Å². The van der Waals surface area contributed by atoms with Crippen LogP contribution in [0, 0.1) is 0 Å². The molecule has 0 bridgehead atoms. The predicted molar refractivity (Wildman–Crippen MR) is 175 cm³/mol. The van der Waals surface area contributed by atoms with Crippen LogP contribution in [-0.2, 0) is 48.2 Å². The van der Waals surface area contributed by atoms with Crippen LogP contribution >= 0.6 is 15.9 Å². The van der Waals surface area contributed by atoms with Crippen molar-refractivity contribution in [1.29, 1.82) is 0 Å². The smallest absolute Gasteiger partial charge is 0.410 e. The standard InChI is InChI=1S/C12H19BrN2O3.C12H20N2O3.C8H13NO/c1-6-9-10(13)8(14-18-9)7-15(5)11(16)17-12(2,3)4;1-6-10-7-9(13-17-10)8-14(5)11(15)16-12(2,3)4;1-3-5-7-6-8(4-2)10-9-7/h6-7H2,1-5H3;7H,6,8H2,1-5H3;6H,3-5H2,1-2H3. The molecule has 0 N–H and O–H groups in total. The van der Waals surface area contributed by atoms with Gasteiger partial charge in [0.05, 0.1) is 23.3 Å². The van der Waals surface area contributed by atoms with Crippen LogP contribution in [0.4, 0.5) is 9.59 Å². The van der Waals surface area contributed by atoms with Gasteiger partial charge in [-0.25, -0.2) is 9.59 Å². The lowest BCUT2D eigenvalue weighted by Crippen LogP contribution is -2.33. The topological polar surface area (TPSA) is 137 Å². The molecule has 0 aliphatic heterocycles. The molecule has 3 heterocycles. The molecule has 0 fully saturated rings. The molecule has 3 aromatic heterocycles. The molecule has 0 radical (unpaired) electrons. The average molecular weight is 699 g/mol. The lowest BCUT2D eigenvalue weighted by Gasteiger charge is -2.24. The van der Waals surface area contributed by atoms with Gasteiger partial charge in [0, 0.05) is 45.5 Å². The van der Waals surface area contributed by atoms with E-state index in [1.54, 1.807) is 14.1 Å². The number of halogens is 1. The second-order valence-corrected chi connectivity index (χ2v) is 13.2. The summed E-state index contributed by atoms with van der Waals surface area (Å²) in [5.74, 6) is 2.59. The van der Waals surface area contributed by atoms with Crippen LogP contribution < -0.4 is 0 Å². The zero-order valence-electron chi connectivity index (χ0n) is 29.1. The van der Waals surface area contributed by atoms with E-state index in [9.17, 15) is 9.59 Å². The van der Waals surface area contributed by atoms with Crippen molar-refractivity contribution >= 4 is 28.1 Å². The first-order valence-corrected chi connectivity index (χ1v) is 16.1. The summed E-state index contributed by atoms with van der Waals surface area (Å²) in [4.78, 5) is 26.4. The van der Waals surface area contributed by atoms with Gasteiger partial charge < -0.3 is 32.8 Å². The van der Waals surface area contributed by atoms with Gasteiger partial charge in [-0.1, -0.05) is 49.6 Å². The van der Waals surface area contributed by atoms with Gasteiger partial charge in [-0.15, -0.1) is 0 Å². The summed E-state index contributed by atoms with van der Waals surface area (Å²) < 4.78 is 26.5. The van der Waals surface area contributed by atoms with E-state index >= 15 is 0 Å². The van der Waals surface area contributed by atoms with Crippen molar-refractivity contribution in [3.8, 4) is 0 Å². The first-order valence-electron chi connectivity index (χ1n) is 15.3. The average Bonchev–Trinajstić information content (AvgIpc) is 3.68. The minimum atomic E-state index is -0.499. The van der Waals surface area contributed by atoms with E-state index in [1.165, 1.54) is 9.80 Å². The van der Waals surface area contributed by atoms with Gasteiger partial charge in [0.1, 0.15) is 34.1 Å². The molecular formula is C32H52BrN5O7. The van der Waals surface area contributed by atoms with E-state index in [1.807, 2.05) is 67.5 Å². The molecule has 0 aliphatic rings. The third-order valence-corrected chi connectivity index (χ3v) is 6.60. The normalized spacial score (nSPS) is 11.1. The summed E-state index contributed by atoms with van der Waals surface area (Å²) >= 11 is 3.42. The highest BCUT2D eigenvalue weighted by Gasteiger charge is 2.22. The monoisotopic (exact) mass is 697 g/mol. The van der Waals surface area contributed by atoms with Gasteiger partial charge in [-0.3, -0.25) is 0 Å². The highest BCUT2D eigenvalue weighted by molar-refractivity contribution is 9.10. The van der Waals surface area contributed by atoms with Crippen LogP contribution in [0.15, 0.2) is 30.2 Å². The molecule has 0 aromatic carbocycles. The Kier molecular flexibility index (Phi) is 16.4. The fraction of sp³-hybridized carbons (Fsp3) is 0.656. The van der Waals surface area contributed by atoms with E-state index in [0.717, 1.165) is 65.2 Å². The summed E-state index contributed by atoms with van der Waals surface area (Å²) in [5.41, 5.74) is 1.53. The Morgan fingerprint density at radius 1 is 0.733 bits per heavy atom. The van der Waals surface area contributed by atoms with Gasteiger partial charge >= 0.3 is 12.2 Å². The second kappa shape index (κ2) is 18.6. The summed E-state index contributed by atoms with van der Waals surface area (Å²) in [6, 6.07) is 3.88. The van der Waals surface area contributed by atoms with Crippen LogP contribution in [0.5, 0.6) is 0 Å². The fourth-order valence-electron chi connectivity index (χ4n) is 3.44. The van der Waals surface area contributed by atoms with Crippen LogP contribution in [-0.4, -0.2) is 62.8 Å². The zero-order chi connectivity index (χ0) is 34.4. The Bertz CT molecular complexity index is 1300. The van der Waals surface area contributed by atoms with E-state index in [4.69, 9.17) is 23.0 Å². The fourth-order valence-corrected chi connectivity index (χ4v) is 3.99. The number of hydrogen-bond donors (Lipinski definition) is 0. The van der Waals surface area contributed by atoms with Gasteiger partial charge in [0.25, 0.3) is 0 Å². The molecule has 13 heteroatoms. The van der Waals surface area contributed by atoms with E-state index in [-0.39, 0.29) is 12.2 Å². The zero-order valence-corrected chi connectivity index (χ0v) is 30.7. The molecule has 3 rings (SSSR count). The Hall–Kier alpha value is -3.35. The van der Waals surface area contributed by atoms with Crippen LogP contribution in [0.1, 0.15) is 110 Å². The lowest BCUT2D eigenvalue weighted by molar-refractivity contribution is 0.0272. The minimum absolute atomic E-state index is 0.346. The minimum Gasteiger partial charge on any atom is -0.444 e. The maximum Gasteiger partial charge on any atom is 0.410 e. The molecular weight excluding hydrogens is 646 g/mol. The molecule has 0 spiro atoms. The second-order valence-electron chi connectivity index (χ2n) is 12.4. The number of aryl methyl sites for hydroxylation is 4. The van der Waals surface area contributed by atoms with Crippen molar-refractivity contribution < 1.29 is 32.6 Å². The molecule has 3 aromatic rings. The van der Waals surface area contributed by atoms with Crippen molar-refractivity contribution in [1.82, 2.24) is 25.3 Å². The number of aromatic nitrogens is 3. The highest BCUT2D eigenvalue weighted by Crippen LogP contribution is 2.23. The summed E-state index contributed by atoms with van der Waals surface area (Å²) in [6.07, 6.45) is 3.91. The summed E-state index contributed by atoms with van der Waals surface area (Å²) in [6.45, 7) is 19.9. The van der Waals surface area contributed by atoms with Crippen LogP contribution in [0.25, 0.3) is 0 Å². The Labute approximate surface area is 276 Å². The highest BCUT2D eigenvalue weighted by atomic mass is 79.9. The molecule has 2 amide bonds. The number of hydrogen-bond acceptors (Lipinski definition) is 10. The molecule has 0 atom stereocenters. The van der Waals surface area contributed by atoms with E-state index in [0.29, 0.717) is 18.8 Å². The number of rotatable bonds is 9. The number of amides is 2. The maximum absolute atomic E-state index is 11.8. The van der Waals surface area contributed by atoms with Crippen molar-refractivity contribution in [3.05, 3.63) is 51.0 Å². The summed E-state index contributed by atoms with van der Waals surface area (Å²) in [7, 11) is 3.34. The Morgan fingerprint density at radius 3 is 1.60 bits per heavy atom. The molecule has 0 aliphatic carbocycles. The molecule has 0 saturated heterocycles. The molecule has 254 valence electrons. The number of carbonyl (C=O) groups is 2. The van der Waals surface area contributed by atoms with Crippen molar-refractivity contribution in [3.63, 3.8) is 0 Å². The number of carbonyl (C=O) groups excluding carboxylic acids is 2. The van der Waals surface area contributed by atoms with Crippen LogP contribution in [0.2, 0.25) is 0 Å². The van der Waals surface area contributed by atoms with Crippen molar-refractivity contribution in [2.45, 2.75) is 126 Å². The number of nitrogens with zero attached hydrogens (tertiary/aromatic N) is 5. The van der Waals surface area contributed by atoms with Crippen molar-refractivity contribution in [2.75, 3.05) is 14.1 Å². The molecule has 0 saturated carbocycles. The van der Waals surface area contributed by atoms with E-state index < -0.39 is 11.2 Å². The Morgan fingerprint density at radius 2 is 1.20 bits per heavy atom. The molecule has 45 heavy (non-hydrogen) atoms. The van der Waals surface area contributed by atoms with Gasteiger partial charge in [0.2, 0.25) is 0 Å². The SMILES string of the molecule is CCCc1cc(CC)on1.CCc1cc(CN(C)C(=O)OC(C)(C)C)no1.CCc1onc(CN(C)C(=O)OC(C)(C)C)c1Br. The lowest BCUT2D eigenvalue weighted by atomic mass is 10.2. The maximum atomic E-state index is 11.8. The van der Waals surface area contributed by atoms with E-state index in [2.05, 4.69) is 45.2 Å². The van der Waals surface area contributed by atoms with Gasteiger partial charge in [0.15, 0.2) is 5.76 Å². The first kappa shape index (κ1) is 39.7. The van der Waals surface area contributed by atoms with Crippen LogP contribution in [0.3, 0.4) is 0 Å². The first-order chi connectivity index (χ1) is 20.9. The molecule has 12 nitrogen and oxygen atoms in total. The Balaban J connectivity index is 0.000000351. The van der Waals surface area contributed by atoms with Gasteiger partial charge in [-0.2, -0.15) is 0 Å². The third-order valence-electron chi connectivity index (χ3n) is 5.70. The molecule has 0 unspecified atom stereocenters. The summed E-state index contributed by atoms with van der Waals surface area (Å²) in [5, 5.41) is 11.7. The van der Waals surface area contributed by atoms with Gasteiger partial charge in [-0.05, 0) is 63.9 Å². The number of ether oxygens (including phenoxy) is 2. The predicted octanol–water partition coefficient (Wildman–Crippen LogP) is 8.16. The third kappa shape index (κ3) is 15.5. The largest absolute Gasteiger partial charge is 0.444 e. The quantitative estimate of drug-likeness (QED) is 0.215.